The molecule has 2 heterocycles. The van der Waals surface area contributed by atoms with Crippen LogP contribution in [0.1, 0.15) is 21.5 Å². The number of H-pyrrole nitrogens is 1. The first-order chi connectivity index (χ1) is 23.3. The minimum Gasteiger partial charge on any atom is 1.00 e. The minimum atomic E-state index is -1.31. The summed E-state index contributed by atoms with van der Waals surface area (Å²) in [5, 5.41) is 40.9. The van der Waals surface area contributed by atoms with Crippen molar-refractivity contribution >= 4 is 74.4 Å². The normalized spacial score (nSPS) is 10.4. The van der Waals surface area contributed by atoms with Crippen molar-refractivity contribution in [3.05, 3.63) is 127 Å². The van der Waals surface area contributed by atoms with Crippen LogP contribution in [0, 0.1) is 10.8 Å². The van der Waals surface area contributed by atoms with Crippen molar-refractivity contribution in [1.29, 1.82) is 10.8 Å². The van der Waals surface area contributed by atoms with Gasteiger partial charge in [0, 0.05) is 27.7 Å². The first-order valence-electron chi connectivity index (χ1n) is 14.5. The Labute approximate surface area is 373 Å². The van der Waals surface area contributed by atoms with Crippen molar-refractivity contribution in [1.82, 2.24) is 4.98 Å². The Morgan fingerprint density at radius 3 is 2.10 bits per heavy atom. The number of fused-ring (bicyclic) bond motifs is 3. The van der Waals surface area contributed by atoms with Gasteiger partial charge in [-0.15, -0.1) is 0 Å². The fourth-order valence-corrected chi connectivity index (χ4v) is 9.18. The van der Waals surface area contributed by atoms with E-state index in [1.165, 1.54) is 12.1 Å². The van der Waals surface area contributed by atoms with Gasteiger partial charge < -0.3 is 21.9 Å². The van der Waals surface area contributed by atoms with E-state index in [-0.39, 0.29) is 125 Å². The Morgan fingerprint density at radius 2 is 1.46 bits per heavy atom. The Bertz CT molecular complexity index is 2530. The molecule has 1 aromatic heterocycles. The molecule has 52 heavy (non-hydrogen) atoms. The molecule has 0 unspecified atom stereocenters. The van der Waals surface area contributed by atoms with Crippen molar-refractivity contribution in [3.63, 3.8) is 0 Å². The van der Waals surface area contributed by atoms with Gasteiger partial charge in [-0.05, 0) is 23.8 Å². The number of nitrogen functional groups attached to an aromatic ring is 2. The molecule has 9 N–H and O–H groups in total. The van der Waals surface area contributed by atoms with Crippen LogP contribution < -0.4 is 89.3 Å². The number of nitrogens with two attached hydrogens (primary N) is 2. The van der Waals surface area contributed by atoms with Crippen LogP contribution in [-0.4, -0.2) is 28.1 Å². The smallest absolute Gasteiger partial charge is 1.00 e. The van der Waals surface area contributed by atoms with Crippen molar-refractivity contribution in [3.8, 4) is 39.5 Å². The summed E-state index contributed by atoms with van der Waals surface area (Å²) in [5.74, 6) is -1.27. The fourth-order valence-electron chi connectivity index (χ4n) is 5.60. The molecular weight excluding hydrogens is 1000 g/mol. The predicted molar refractivity (Wildman–Crippen MR) is 193 cm³/mol. The first kappa shape index (κ1) is 43.6. The van der Waals surface area contributed by atoms with E-state index in [4.69, 9.17) is 26.7 Å². The van der Waals surface area contributed by atoms with Gasteiger partial charge in [0.2, 0.25) is 0 Å². The van der Waals surface area contributed by atoms with Crippen LogP contribution in [0.3, 0.4) is 0 Å². The number of hydrogen-bond acceptors (Lipinski definition) is 7. The third kappa shape index (κ3) is 8.60. The number of amidine groups is 2. The van der Waals surface area contributed by atoms with E-state index in [1.54, 1.807) is 42.5 Å². The average molecular weight is 1030 g/mol. The monoisotopic (exact) mass is 1030 g/mol. The number of carboxylic acids is 1. The predicted octanol–water partition coefficient (Wildman–Crippen LogP) is -1.71. The van der Waals surface area contributed by atoms with Crippen LogP contribution in [0.2, 0.25) is 0 Å². The van der Waals surface area contributed by atoms with Crippen LogP contribution in [-0.2, 0) is 26.1 Å². The van der Waals surface area contributed by atoms with E-state index >= 15 is 0 Å². The summed E-state index contributed by atoms with van der Waals surface area (Å²) in [5.41, 5.74) is 16.8. The number of hydrogen-bond donors (Lipinski definition) is 5. The second-order valence-corrected chi connectivity index (χ2v) is 15.5. The number of nitrogens with one attached hydrogen (secondary N) is 3. The zero-order chi connectivity index (χ0) is 35.1. The number of benzene rings is 5. The van der Waals surface area contributed by atoms with E-state index in [9.17, 15) is 19.8 Å². The molecule has 0 saturated heterocycles. The molecule has 0 saturated carbocycles. The molecule has 0 spiro atoms. The molecule has 2 aliphatic rings. The maximum absolute atomic E-state index is 12.4. The van der Waals surface area contributed by atoms with E-state index < -0.39 is 5.97 Å². The summed E-state index contributed by atoms with van der Waals surface area (Å²) in [4.78, 5) is 27.2. The number of halogens is 2. The maximum Gasteiger partial charge on any atom is 1.00 e. The van der Waals surface area contributed by atoms with E-state index in [1.807, 2.05) is 36.4 Å². The molecule has 1 aliphatic carbocycles. The van der Waals surface area contributed by atoms with Crippen molar-refractivity contribution < 1.29 is 110 Å². The SMILES string of the molecule is N=C(N)c1cc(C(=N)N)c2cc(-c3ccccc3)[nH]c2c1.O.O=C([O-])c1ccccc1-c1c2cc(Br)c(=O)cc-2oc2[c]([Hg])c([O-])c(Br)cc12.[Na+].[Na+]. The molecule has 0 atom stereocenters. The summed E-state index contributed by atoms with van der Waals surface area (Å²) in [6, 6.07) is 26.4. The van der Waals surface area contributed by atoms with E-state index in [0.29, 0.717) is 50.8 Å². The maximum atomic E-state index is 12.4. The third-order valence-electron chi connectivity index (χ3n) is 7.91. The van der Waals surface area contributed by atoms with Gasteiger partial charge in [-0.25, -0.2) is 0 Å². The number of carbonyl (C=O) groups is 1. The second kappa shape index (κ2) is 18.0. The average Bonchev–Trinajstić information content (AvgIpc) is 3.52. The molecule has 0 radical (unpaired) electrons. The molecule has 0 amide bonds. The molecule has 5 aromatic rings. The summed E-state index contributed by atoms with van der Waals surface area (Å²) in [7, 11) is 0. The van der Waals surface area contributed by atoms with E-state index in [0.717, 1.165) is 22.2 Å². The van der Waals surface area contributed by atoms with Gasteiger partial charge >= 0.3 is 252 Å². The Morgan fingerprint density at radius 1 is 0.808 bits per heavy atom. The van der Waals surface area contributed by atoms with Gasteiger partial charge in [0.25, 0.3) is 0 Å². The molecule has 1 aliphatic heterocycles. The number of aromatic carboxylic acids is 1. The van der Waals surface area contributed by atoms with Gasteiger partial charge in [0.1, 0.15) is 11.7 Å². The van der Waals surface area contributed by atoms with Crippen LogP contribution in [0.15, 0.2) is 109 Å². The van der Waals surface area contributed by atoms with E-state index in [2.05, 4.69) is 36.8 Å². The van der Waals surface area contributed by atoms with Gasteiger partial charge in [-0.3, -0.25) is 10.8 Å². The molecule has 4 aromatic carbocycles. The first-order valence-corrected chi connectivity index (χ1v) is 18.8. The van der Waals surface area contributed by atoms with Crippen molar-refractivity contribution in [2.24, 2.45) is 11.5 Å². The summed E-state index contributed by atoms with van der Waals surface area (Å²) < 4.78 is 7.22. The van der Waals surface area contributed by atoms with Crippen LogP contribution in [0.5, 0.6) is 5.75 Å². The van der Waals surface area contributed by atoms with Gasteiger partial charge in [0.15, 0.2) is 0 Å². The number of aromatic nitrogens is 1. The van der Waals surface area contributed by atoms with Gasteiger partial charge in [0.05, 0.1) is 0 Å². The third-order valence-corrected chi connectivity index (χ3v) is 11.6. The van der Waals surface area contributed by atoms with Gasteiger partial charge in [-0.1, -0.05) is 30.3 Å². The second-order valence-electron chi connectivity index (χ2n) is 11.0. The Kier molecular flexibility index (Phi) is 15.1. The zero-order valence-electron chi connectivity index (χ0n) is 27.8. The number of carbonyl (C=O) groups excluding carboxylic acids is 1. The van der Waals surface area contributed by atoms with Gasteiger partial charge in [-0.2, -0.15) is 0 Å². The molecule has 0 bridgehead atoms. The van der Waals surface area contributed by atoms with Crippen molar-refractivity contribution in [2.75, 3.05) is 0 Å². The minimum absolute atomic E-state index is 0. The number of carboxylic acid groups (broad SMARTS) is 1. The van der Waals surface area contributed by atoms with Crippen molar-refractivity contribution in [2.45, 2.75) is 0 Å². The molecule has 7 rings (SSSR count). The molecular formula is C36H24Br2HgN5Na2O6. The quantitative estimate of drug-likeness (QED) is 0.0579. The number of aromatic amines is 1. The standard InChI is InChI=1S/C20H9Br2O5.C16H15N5.Hg.2Na.H2O/c21-13-5-11-17(7-15(13)23)27-18-8-16(24)14(22)6-12(18)19(11)9-3-1-2-4-10(9)20(25)26;17-15(18)10-6-12(16(19)20)11-8-13(21-14(11)7-10)9-4-2-1-3-5-9;;;;/h1-7,24H,(H,25,26);1-8,21H,(H3,17,18)(H3,19,20);;;;1H2/q;;;2*+1;/p-2. The van der Waals surface area contributed by atoms with Crippen LogP contribution in [0.25, 0.3) is 55.6 Å². The topological polar surface area (TPSA) is 240 Å². The Balaban J connectivity index is 0.000000275. The molecule has 0 fully saturated rings. The molecule has 247 valence electrons. The fraction of sp³-hybridized carbons (Fsp3) is 0. The largest absolute Gasteiger partial charge is 1.00 e. The number of rotatable bonds is 5. The summed E-state index contributed by atoms with van der Waals surface area (Å²) in [6.45, 7) is 0. The summed E-state index contributed by atoms with van der Waals surface area (Å²) in [6.07, 6.45) is 0. The molecule has 11 nitrogen and oxygen atoms in total. The molecule has 16 heteroatoms. The Hall–Kier alpha value is -2.82. The zero-order valence-corrected chi connectivity index (χ0v) is 40.5. The van der Waals surface area contributed by atoms with Crippen LogP contribution in [0.4, 0.5) is 0 Å². The van der Waals surface area contributed by atoms with Crippen LogP contribution >= 0.6 is 31.9 Å². The summed E-state index contributed by atoms with van der Waals surface area (Å²) >= 11 is 6.47.